The van der Waals surface area contributed by atoms with E-state index in [0.29, 0.717) is 19.8 Å². The zero-order chi connectivity index (χ0) is 16.0. The lowest BCUT2D eigenvalue weighted by Crippen LogP contribution is -2.38. The molecule has 1 aliphatic carbocycles. The van der Waals surface area contributed by atoms with Gasteiger partial charge in [-0.2, -0.15) is 0 Å². The Labute approximate surface area is 136 Å². The number of rotatable bonds is 13. The van der Waals surface area contributed by atoms with Crippen LogP contribution in [0.5, 0.6) is 0 Å². The van der Waals surface area contributed by atoms with Crippen molar-refractivity contribution in [1.82, 2.24) is 0 Å². The van der Waals surface area contributed by atoms with Crippen LogP contribution in [0.15, 0.2) is 0 Å². The van der Waals surface area contributed by atoms with Crippen LogP contribution in [-0.4, -0.2) is 38.8 Å². The molecule has 1 saturated carbocycles. The van der Waals surface area contributed by atoms with Gasteiger partial charge in [-0.25, -0.2) is 5.11 Å². The fraction of sp³-hybridized carbons (Fsp3) is 1.00. The van der Waals surface area contributed by atoms with Crippen molar-refractivity contribution in [3.63, 3.8) is 0 Å². The quantitative estimate of drug-likeness (QED) is 0.375. The first-order chi connectivity index (χ1) is 10.8. The van der Waals surface area contributed by atoms with E-state index in [4.69, 9.17) is 14.2 Å². The fourth-order valence-corrected chi connectivity index (χ4v) is 2.84. The van der Waals surface area contributed by atoms with E-state index in [9.17, 15) is 5.11 Å². The Morgan fingerprint density at radius 2 is 1.50 bits per heavy atom. The number of unbranched alkanes of at least 4 members (excludes halogenated alkanes) is 2. The molecule has 1 rings (SSSR count). The van der Waals surface area contributed by atoms with E-state index >= 15 is 0 Å². The lowest BCUT2D eigenvalue weighted by molar-refractivity contribution is -0.227. The first-order valence-electron chi connectivity index (χ1n) is 9.26. The molecule has 1 radical (unpaired) electrons. The van der Waals surface area contributed by atoms with Gasteiger partial charge in [0.25, 0.3) is 0 Å². The Balaban J connectivity index is 2.30. The molecule has 0 aliphatic heterocycles. The van der Waals surface area contributed by atoms with Gasteiger partial charge >= 0.3 is 0 Å². The van der Waals surface area contributed by atoms with E-state index in [0.717, 1.165) is 45.1 Å². The lowest BCUT2D eigenvalue weighted by Gasteiger charge is -2.30. The highest BCUT2D eigenvalue weighted by Gasteiger charge is 2.31. The summed E-state index contributed by atoms with van der Waals surface area (Å²) < 4.78 is 17.0. The average Bonchev–Trinajstić information content (AvgIpc) is 2.56. The van der Waals surface area contributed by atoms with Gasteiger partial charge in [-0.3, -0.25) is 0 Å². The second-order valence-electron chi connectivity index (χ2n) is 6.29. The zero-order valence-corrected chi connectivity index (χ0v) is 14.6. The minimum Gasteiger partial charge on any atom is -0.379 e. The Hall–Kier alpha value is -0.160. The first kappa shape index (κ1) is 19.9. The van der Waals surface area contributed by atoms with Crippen molar-refractivity contribution >= 4 is 0 Å². The van der Waals surface area contributed by atoms with Crippen molar-refractivity contribution in [2.24, 2.45) is 5.92 Å². The molecule has 2 unspecified atom stereocenters. The van der Waals surface area contributed by atoms with Gasteiger partial charge in [0.1, 0.15) is 6.10 Å². The summed E-state index contributed by atoms with van der Waals surface area (Å²) in [6.45, 7) is 6.64. The van der Waals surface area contributed by atoms with Gasteiger partial charge in [0.05, 0.1) is 13.2 Å². The first-order valence-corrected chi connectivity index (χ1v) is 9.26. The van der Waals surface area contributed by atoms with Crippen LogP contribution in [0.2, 0.25) is 0 Å². The van der Waals surface area contributed by atoms with Crippen molar-refractivity contribution in [1.29, 1.82) is 0 Å². The molecular formula is C18H35O4. The second-order valence-corrected chi connectivity index (χ2v) is 6.29. The average molecular weight is 315 g/mol. The molecule has 4 heteroatoms. The smallest absolute Gasteiger partial charge is 0.187 e. The summed E-state index contributed by atoms with van der Waals surface area (Å²) in [6.07, 6.45) is 8.54. The van der Waals surface area contributed by atoms with Crippen LogP contribution in [0.1, 0.15) is 71.6 Å². The molecule has 0 aromatic carbocycles. The third kappa shape index (κ3) is 8.47. The molecule has 22 heavy (non-hydrogen) atoms. The lowest BCUT2D eigenvalue weighted by atomic mass is 9.85. The van der Waals surface area contributed by atoms with E-state index in [1.165, 1.54) is 19.3 Å². The van der Waals surface area contributed by atoms with Crippen LogP contribution in [0.4, 0.5) is 0 Å². The van der Waals surface area contributed by atoms with E-state index in [2.05, 4.69) is 13.8 Å². The predicted octanol–water partition coefficient (Wildman–Crippen LogP) is 4.34. The molecule has 1 aliphatic rings. The second kappa shape index (κ2) is 13.3. The van der Waals surface area contributed by atoms with Crippen molar-refractivity contribution in [2.75, 3.05) is 26.4 Å². The van der Waals surface area contributed by atoms with Crippen LogP contribution in [0, 0.1) is 5.92 Å². The molecule has 0 aromatic rings. The maximum absolute atomic E-state index is 12.7. The van der Waals surface area contributed by atoms with Crippen molar-refractivity contribution in [3.05, 3.63) is 0 Å². The fourth-order valence-electron chi connectivity index (χ4n) is 2.84. The largest absolute Gasteiger partial charge is 0.379 e. The van der Waals surface area contributed by atoms with Gasteiger partial charge in [0, 0.05) is 13.2 Å². The van der Waals surface area contributed by atoms with E-state index in [-0.39, 0.29) is 5.92 Å². The maximum Gasteiger partial charge on any atom is 0.187 e. The minimum atomic E-state index is -0.757. The summed E-state index contributed by atoms with van der Waals surface area (Å²) in [7, 11) is 0. The van der Waals surface area contributed by atoms with Crippen LogP contribution in [0.25, 0.3) is 0 Å². The number of hydrogen-bond acceptors (Lipinski definition) is 3. The number of hydrogen-bond donors (Lipinski definition) is 0. The summed E-state index contributed by atoms with van der Waals surface area (Å²) in [5, 5.41) is 12.7. The Morgan fingerprint density at radius 3 is 2.18 bits per heavy atom. The third-order valence-corrected chi connectivity index (χ3v) is 4.31. The molecule has 0 amide bonds. The number of ether oxygens (including phenoxy) is 3. The van der Waals surface area contributed by atoms with Gasteiger partial charge in [-0.15, -0.1) is 0 Å². The van der Waals surface area contributed by atoms with Gasteiger partial charge in [0.15, 0.2) is 6.29 Å². The summed E-state index contributed by atoms with van der Waals surface area (Å²) in [4.78, 5) is 0. The molecule has 0 bridgehead atoms. The molecular weight excluding hydrogens is 280 g/mol. The molecule has 131 valence electrons. The SMILES string of the molecule is CCCCOCCOC(OCCCC)C([O])C1CCCCC1. The van der Waals surface area contributed by atoms with E-state index in [1.54, 1.807) is 0 Å². The molecule has 0 aromatic heterocycles. The van der Waals surface area contributed by atoms with Crippen LogP contribution >= 0.6 is 0 Å². The monoisotopic (exact) mass is 315 g/mol. The van der Waals surface area contributed by atoms with Gasteiger partial charge in [0.2, 0.25) is 0 Å². The van der Waals surface area contributed by atoms with Gasteiger partial charge in [-0.05, 0) is 31.6 Å². The topological polar surface area (TPSA) is 47.6 Å². The van der Waals surface area contributed by atoms with Crippen LogP contribution < -0.4 is 0 Å². The highest BCUT2D eigenvalue weighted by atomic mass is 16.7. The van der Waals surface area contributed by atoms with E-state index < -0.39 is 12.4 Å². The predicted molar refractivity (Wildman–Crippen MR) is 87.4 cm³/mol. The Bertz CT molecular complexity index is 241. The Kier molecular flexibility index (Phi) is 12.0. The highest BCUT2D eigenvalue weighted by Crippen LogP contribution is 2.29. The molecule has 4 nitrogen and oxygen atoms in total. The van der Waals surface area contributed by atoms with Gasteiger partial charge in [-0.1, -0.05) is 46.0 Å². The Morgan fingerprint density at radius 1 is 0.864 bits per heavy atom. The maximum atomic E-state index is 12.7. The summed E-state index contributed by atoms with van der Waals surface area (Å²) in [5.74, 6) is 0.210. The molecule has 0 saturated heterocycles. The van der Waals surface area contributed by atoms with Crippen molar-refractivity contribution in [2.45, 2.75) is 84.0 Å². The van der Waals surface area contributed by atoms with Crippen LogP contribution in [-0.2, 0) is 19.3 Å². The minimum absolute atomic E-state index is 0.210. The normalized spacial score (nSPS) is 19.2. The molecule has 2 atom stereocenters. The summed E-state index contributed by atoms with van der Waals surface area (Å²) in [5.41, 5.74) is 0. The molecule has 0 N–H and O–H groups in total. The van der Waals surface area contributed by atoms with Gasteiger partial charge < -0.3 is 14.2 Å². The molecule has 1 fully saturated rings. The summed E-state index contributed by atoms with van der Waals surface area (Å²) >= 11 is 0. The van der Waals surface area contributed by atoms with E-state index in [1.807, 2.05) is 0 Å². The van der Waals surface area contributed by atoms with Crippen LogP contribution in [0.3, 0.4) is 0 Å². The molecule has 0 heterocycles. The third-order valence-electron chi connectivity index (χ3n) is 4.31. The highest BCUT2D eigenvalue weighted by molar-refractivity contribution is 4.75. The standard InChI is InChI=1S/C18H35O4/c1-3-5-12-20-14-15-22-18(21-13-6-4-2)17(19)16-10-8-7-9-11-16/h16-18H,3-15H2,1-2H3. The van der Waals surface area contributed by atoms with Crippen molar-refractivity contribution < 1.29 is 19.3 Å². The molecule has 0 spiro atoms. The summed E-state index contributed by atoms with van der Waals surface area (Å²) in [6, 6.07) is 0. The zero-order valence-electron chi connectivity index (χ0n) is 14.6. The van der Waals surface area contributed by atoms with Crippen molar-refractivity contribution in [3.8, 4) is 0 Å².